The first-order valence-corrected chi connectivity index (χ1v) is 5.79. The van der Waals surface area contributed by atoms with Crippen molar-refractivity contribution in [3.8, 4) is 0 Å². The van der Waals surface area contributed by atoms with E-state index in [0.717, 1.165) is 19.6 Å². The van der Waals surface area contributed by atoms with E-state index in [2.05, 4.69) is 42.7 Å². The maximum Gasteiger partial charge on any atom is 0.0485 e. The number of rotatable bonds is 4. The summed E-state index contributed by atoms with van der Waals surface area (Å²) in [7, 11) is 1.76. The number of benzene rings is 1. The molecule has 0 amide bonds. The minimum absolute atomic E-state index is 0.824. The van der Waals surface area contributed by atoms with E-state index < -0.39 is 0 Å². The van der Waals surface area contributed by atoms with Gasteiger partial charge in [0.05, 0.1) is 0 Å². The second kappa shape index (κ2) is 4.71. The van der Waals surface area contributed by atoms with E-state index in [0.29, 0.717) is 0 Å². The van der Waals surface area contributed by atoms with Crippen molar-refractivity contribution in [2.75, 3.05) is 13.7 Å². The first kappa shape index (κ1) is 11.2. The van der Waals surface area contributed by atoms with Gasteiger partial charge >= 0.3 is 0 Å². The van der Waals surface area contributed by atoms with Gasteiger partial charge in [-0.25, -0.2) is 0 Å². The van der Waals surface area contributed by atoms with Gasteiger partial charge in [-0.3, -0.25) is 0 Å². The van der Waals surface area contributed by atoms with Crippen molar-refractivity contribution in [1.29, 1.82) is 0 Å². The largest absolute Gasteiger partial charge is 0.385 e. The zero-order valence-corrected chi connectivity index (χ0v) is 10.3. The van der Waals surface area contributed by atoms with E-state index in [4.69, 9.17) is 4.74 Å². The van der Waals surface area contributed by atoms with Crippen LogP contribution in [0.2, 0.25) is 0 Å². The lowest BCUT2D eigenvalue weighted by molar-refractivity contribution is 0.190. The number of aromatic nitrogens is 1. The molecular weight excluding hydrogens is 198 g/mol. The van der Waals surface area contributed by atoms with Crippen LogP contribution in [-0.4, -0.2) is 18.3 Å². The van der Waals surface area contributed by atoms with Crippen molar-refractivity contribution in [2.24, 2.45) is 0 Å². The van der Waals surface area contributed by atoms with E-state index in [-0.39, 0.29) is 0 Å². The van der Waals surface area contributed by atoms with Crippen molar-refractivity contribution in [3.05, 3.63) is 35.5 Å². The van der Waals surface area contributed by atoms with Crippen LogP contribution in [0, 0.1) is 13.8 Å². The van der Waals surface area contributed by atoms with Crippen LogP contribution in [0.15, 0.2) is 24.3 Å². The molecule has 0 aliphatic heterocycles. The van der Waals surface area contributed by atoms with Crippen molar-refractivity contribution < 1.29 is 4.74 Å². The Balaban J connectivity index is 2.39. The molecule has 0 saturated heterocycles. The highest BCUT2D eigenvalue weighted by atomic mass is 16.5. The van der Waals surface area contributed by atoms with E-state index >= 15 is 0 Å². The topological polar surface area (TPSA) is 14.2 Å². The molecule has 2 heteroatoms. The van der Waals surface area contributed by atoms with Crippen LogP contribution in [0.1, 0.15) is 17.7 Å². The second-order valence-electron chi connectivity index (χ2n) is 4.23. The predicted molar refractivity (Wildman–Crippen MR) is 67.9 cm³/mol. The Morgan fingerprint density at radius 1 is 1.19 bits per heavy atom. The monoisotopic (exact) mass is 217 g/mol. The summed E-state index contributed by atoms with van der Waals surface area (Å²) in [5.74, 6) is 0. The molecule has 0 fully saturated rings. The van der Waals surface area contributed by atoms with E-state index in [1.807, 2.05) is 0 Å². The van der Waals surface area contributed by atoms with Gasteiger partial charge in [0.2, 0.25) is 0 Å². The first-order valence-electron chi connectivity index (χ1n) is 5.79. The summed E-state index contributed by atoms with van der Waals surface area (Å²) in [6, 6.07) is 8.61. The standard InChI is InChI=1S/C14H19NO/c1-11-12(2)15(9-6-10-16-3)14-8-5-4-7-13(11)14/h4-5,7-8H,6,9-10H2,1-3H3. The molecule has 0 unspecified atom stereocenters. The zero-order chi connectivity index (χ0) is 11.5. The van der Waals surface area contributed by atoms with Gasteiger partial charge in [0, 0.05) is 36.9 Å². The predicted octanol–water partition coefficient (Wildman–Crippen LogP) is 3.29. The molecule has 0 radical (unpaired) electrons. The summed E-state index contributed by atoms with van der Waals surface area (Å²) in [5.41, 5.74) is 4.11. The molecule has 0 aliphatic carbocycles. The molecule has 2 nitrogen and oxygen atoms in total. The molecule has 0 bridgehead atoms. The average Bonchev–Trinajstić information content (AvgIpc) is 2.55. The fraction of sp³-hybridized carbons (Fsp3) is 0.429. The maximum absolute atomic E-state index is 5.11. The molecule has 0 saturated carbocycles. The van der Waals surface area contributed by atoms with Gasteiger partial charge in [0.1, 0.15) is 0 Å². The maximum atomic E-state index is 5.11. The Kier molecular flexibility index (Phi) is 3.30. The third-order valence-corrected chi connectivity index (χ3v) is 3.28. The molecule has 0 aliphatic rings. The van der Waals surface area contributed by atoms with Crippen LogP contribution in [0.3, 0.4) is 0 Å². The Morgan fingerprint density at radius 2 is 1.94 bits per heavy atom. The van der Waals surface area contributed by atoms with Gasteiger partial charge in [-0.1, -0.05) is 18.2 Å². The summed E-state index contributed by atoms with van der Waals surface area (Å²) in [4.78, 5) is 0. The summed E-state index contributed by atoms with van der Waals surface area (Å²) >= 11 is 0. The summed E-state index contributed by atoms with van der Waals surface area (Å²) in [5, 5.41) is 1.37. The van der Waals surface area contributed by atoms with Crippen molar-refractivity contribution in [1.82, 2.24) is 4.57 Å². The lowest BCUT2D eigenvalue weighted by Gasteiger charge is -2.07. The highest BCUT2D eigenvalue weighted by molar-refractivity contribution is 5.85. The van der Waals surface area contributed by atoms with Gasteiger partial charge in [-0.05, 0) is 31.9 Å². The lowest BCUT2D eigenvalue weighted by atomic mass is 10.2. The number of aryl methyl sites for hydroxylation is 2. The number of hydrogen-bond acceptors (Lipinski definition) is 1. The number of nitrogens with zero attached hydrogens (tertiary/aromatic N) is 1. The smallest absolute Gasteiger partial charge is 0.0485 e. The molecule has 0 N–H and O–H groups in total. The normalized spacial score (nSPS) is 11.2. The van der Waals surface area contributed by atoms with E-state index in [9.17, 15) is 0 Å². The van der Waals surface area contributed by atoms with Gasteiger partial charge in [0.15, 0.2) is 0 Å². The van der Waals surface area contributed by atoms with Gasteiger partial charge in [-0.15, -0.1) is 0 Å². The Hall–Kier alpha value is -1.28. The molecule has 2 aromatic rings. The zero-order valence-electron chi connectivity index (χ0n) is 10.3. The molecule has 1 aromatic heterocycles. The quantitative estimate of drug-likeness (QED) is 0.717. The number of methoxy groups -OCH3 is 1. The summed E-state index contributed by atoms with van der Waals surface area (Å²) in [6.07, 6.45) is 1.06. The third kappa shape index (κ3) is 1.85. The summed E-state index contributed by atoms with van der Waals surface area (Å²) in [6.45, 7) is 6.26. The van der Waals surface area contributed by atoms with Crippen LogP contribution in [0.25, 0.3) is 10.9 Å². The van der Waals surface area contributed by atoms with Crippen LogP contribution >= 0.6 is 0 Å². The van der Waals surface area contributed by atoms with Gasteiger partial charge in [0.25, 0.3) is 0 Å². The van der Waals surface area contributed by atoms with Crippen LogP contribution in [0.4, 0.5) is 0 Å². The molecule has 1 heterocycles. The molecule has 1 aromatic carbocycles. The van der Waals surface area contributed by atoms with Crippen LogP contribution in [0.5, 0.6) is 0 Å². The molecular formula is C14H19NO. The third-order valence-electron chi connectivity index (χ3n) is 3.28. The Labute approximate surface area is 96.8 Å². The second-order valence-corrected chi connectivity index (χ2v) is 4.23. The fourth-order valence-corrected chi connectivity index (χ4v) is 2.26. The SMILES string of the molecule is COCCCn1c(C)c(C)c2ccccc21. The molecule has 2 rings (SSSR count). The minimum atomic E-state index is 0.824. The summed E-state index contributed by atoms with van der Waals surface area (Å²) < 4.78 is 7.50. The minimum Gasteiger partial charge on any atom is -0.385 e. The highest BCUT2D eigenvalue weighted by Crippen LogP contribution is 2.24. The average molecular weight is 217 g/mol. The number of ether oxygens (including phenoxy) is 1. The number of fused-ring (bicyclic) bond motifs is 1. The molecule has 86 valence electrons. The number of para-hydroxylation sites is 1. The lowest BCUT2D eigenvalue weighted by Crippen LogP contribution is -2.03. The van der Waals surface area contributed by atoms with Gasteiger partial charge < -0.3 is 9.30 Å². The van der Waals surface area contributed by atoms with Crippen molar-refractivity contribution in [3.63, 3.8) is 0 Å². The number of hydrogen-bond donors (Lipinski definition) is 0. The fourth-order valence-electron chi connectivity index (χ4n) is 2.26. The highest BCUT2D eigenvalue weighted by Gasteiger charge is 2.09. The van der Waals surface area contributed by atoms with Crippen LogP contribution in [-0.2, 0) is 11.3 Å². The molecule has 0 spiro atoms. The van der Waals surface area contributed by atoms with Crippen molar-refractivity contribution in [2.45, 2.75) is 26.8 Å². The van der Waals surface area contributed by atoms with E-state index in [1.165, 1.54) is 22.2 Å². The van der Waals surface area contributed by atoms with E-state index in [1.54, 1.807) is 7.11 Å². The first-order chi connectivity index (χ1) is 7.75. The van der Waals surface area contributed by atoms with Crippen molar-refractivity contribution >= 4 is 10.9 Å². The van der Waals surface area contributed by atoms with Crippen LogP contribution < -0.4 is 0 Å². The molecule has 0 atom stereocenters. The Bertz CT molecular complexity index is 485. The molecule has 16 heavy (non-hydrogen) atoms. The van der Waals surface area contributed by atoms with Gasteiger partial charge in [-0.2, -0.15) is 0 Å². The Morgan fingerprint density at radius 3 is 2.69 bits per heavy atom.